The molecule has 0 radical (unpaired) electrons. The van der Waals surface area contributed by atoms with E-state index in [1.807, 2.05) is 0 Å². The van der Waals surface area contributed by atoms with E-state index in [-0.39, 0.29) is 45.8 Å². The van der Waals surface area contributed by atoms with E-state index in [9.17, 15) is 20.1 Å². The minimum atomic E-state index is -0.640. The molecular weight excluding hydrogens is 296 g/mol. The molecule has 21 heavy (non-hydrogen) atoms. The van der Waals surface area contributed by atoms with Crippen molar-refractivity contribution in [1.82, 2.24) is 0 Å². The zero-order valence-corrected chi connectivity index (χ0v) is 11.5. The molecule has 2 aromatic rings. The number of fused-ring (bicyclic) bond motifs is 1. The van der Waals surface area contributed by atoms with Gasteiger partial charge in [-0.3, -0.25) is 4.79 Å². The number of Topliss-reactive ketones (excluding diaryl/α,β-unsaturated/α-hetero) is 1. The summed E-state index contributed by atoms with van der Waals surface area (Å²) in [6.07, 6.45) is -0.630. The molecule has 1 aliphatic heterocycles. The first-order chi connectivity index (χ1) is 9.95. The molecular formula is C15H11ClO5. The second-order valence-corrected chi connectivity index (χ2v) is 5.18. The first kappa shape index (κ1) is 13.6. The first-order valence-electron chi connectivity index (χ1n) is 6.20. The molecule has 0 aliphatic carbocycles. The van der Waals surface area contributed by atoms with Crippen LogP contribution in [0.5, 0.6) is 23.0 Å². The molecule has 1 unspecified atom stereocenters. The number of carbonyl (C=O) groups excluding carboxylic acids is 1. The molecule has 1 aliphatic rings. The first-order valence-corrected chi connectivity index (χ1v) is 6.57. The Hall–Kier alpha value is -2.40. The van der Waals surface area contributed by atoms with Crippen molar-refractivity contribution in [2.45, 2.75) is 12.5 Å². The van der Waals surface area contributed by atoms with Gasteiger partial charge in [0.05, 0.1) is 11.4 Å². The van der Waals surface area contributed by atoms with Crippen LogP contribution in [0.1, 0.15) is 28.4 Å². The highest BCUT2D eigenvalue weighted by molar-refractivity contribution is 6.31. The molecule has 0 amide bonds. The van der Waals surface area contributed by atoms with Crippen LogP contribution in [0, 0.1) is 0 Å². The summed E-state index contributed by atoms with van der Waals surface area (Å²) in [4.78, 5) is 12.2. The fourth-order valence-corrected chi connectivity index (χ4v) is 2.67. The summed E-state index contributed by atoms with van der Waals surface area (Å²) in [6, 6.07) is 6.75. The van der Waals surface area contributed by atoms with Crippen molar-refractivity contribution >= 4 is 17.4 Å². The third-order valence-electron chi connectivity index (χ3n) is 3.32. The number of benzene rings is 2. The zero-order valence-electron chi connectivity index (χ0n) is 10.7. The number of halogens is 1. The number of ketones is 1. The molecule has 1 heterocycles. The molecule has 3 rings (SSSR count). The van der Waals surface area contributed by atoms with E-state index in [4.69, 9.17) is 16.3 Å². The van der Waals surface area contributed by atoms with Crippen molar-refractivity contribution < 1.29 is 24.9 Å². The van der Waals surface area contributed by atoms with Crippen molar-refractivity contribution in [2.75, 3.05) is 0 Å². The Morgan fingerprint density at radius 2 is 1.86 bits per heavy atom. The summed E-state index contributed by atoms with van der Waals surface area (Å²) in [6.45, 7) is 0. The summed E-state index contributed by atoms with van der Waals surface area (Å²) in [5.41, 5.74) is 0.607. The predicted molar refractivity (Wildman–Crippen MR) is 75.2 cm³/mol. The lowest BCUT2D eigenvalue weighted by molar-refractivity contribution is 0.0845. The highest BCUT2D eigenvalue weighted by Crippen LogP contribution is 2.43. The second-order valence-electron chi connectivity index (χ2n) is 4.78. The monoisotopic (exact) mass is 306 g/mol. The van der Waals surface area contributed by atoms with Crippen LogP contribution in [0.2, 0.25) is 5.02 Å². The minimum Gasteiger partial charge on any atom is -0.508 e. The van der Waals surface area contributed by atoms with Gasteiger partial charge in [0.1, 0.15) is 34.7 Å². The number of hydrogen-bond acceptors (Lipinski definition) is 5. The summed E-state index contributed by atoms with van der Waals surface area (Å²) < 4.78 is 5.66. The molecule has 3 N–H and O–H groups in total. The number of ether oxygens (including phenoxy) is 1. The van der Waals surface area contributed by atoms with E-state index in [0.717, 1.165) is 6.07 Å². The number of rotatable bonds is 1. The van der Waals surface area contributed by atoms with Crippen molar-refractivity contribution in [3.8, 4) is 23.0 Å². The second kappa shape index (κ2) is 4.86. The van der Waals surface area contributed by atoms with Gasteiger partial charge in [-0.05, 0) is 12.1 Å². The molecule has 0 saturated carbocycles. The maximum Gasteiger partial charge on any atom is 0.174 e. The Labute approximate surface area is 125 Å². The Morgan fingerprint density at radius 1 is 1.10 bits per heavy atom. The van der Waals surface area contributed by atoms with Gasteiger partial charge in [0.15, 0.2) is 5.78 Å². The Balaban J connectivity index is 2.04. The van der Waals surface area contributed by atoms with E-state index in [2.05, 4.69) is 0 Å². The van der Waals surface area contributed by atoms with Gasteiger partial charge in [-0.25, -0.2) is 0 Å². The van der Waals surface area contributed by atoms with Crippen LogP contribution in [0.3, 0.4) is 0 Å². The Morgan fingerprint density at radius 3 is 2.57 bits per heavy atom. The van der Waals surface area contributed by atoms with Gasteiger partial charge >= 0.3 is 0 Å². The highest BCUT2D eigenvalue weighted by Gasteiger charge is 2.31. The maximum atomic E-state index is 12.2. The van der Waals surface area contributed by atoms with E-state index in [1.165, 1.54) is 18.2 Å². The van der Waals surface area contributed by atoms with Crippen molar-refractivity contribution in [3.05, 3.63) is 46.5 Å². The number of aromatic hydroxyl groups is 3. The summed E-state index contributed by atoms with van der Waals surface area (Å²) in [5.74, 6) is -0.691. The molecule has 108 valence electrons. The largest absolute Gasteiger partial charge is 0.508 e. The van der Waals surface area contributed by atoms with E-state index in [1.54, 1.807) is 6.07 Å². The maximum absolute atomic E-state index is 12.2. The molecule has 0 fully saturated rings. The van der Waals surface area contributed by atoms with Crippen LogP contribution in [0.25, 0.3) is 0 Å². The number of phenols is 3. The van der Waals surface area contributed by atoms with Crippen molar-refractivity contribution in [3.63, 3.8) is 0 Å². The lowest BCUT2D eigenvalue weighted by Crippen LogP contribution is -2.20. The lowest BCUT2D eigenvalue weighted by Gasteiger charge is -2.26. The quantitative estimate of drug-likeness (QED) is 0.753. The summed E-state index contributed by atoms with van der Waals surface area (Å²) in [5, 5.41) is 28.9. The number of phenolic OH excluding ortho intramolecular Hbond substituents is 3. The standard InChI is InChI=1S/C15H11ClO5/c16-10-3-7(17)1-2-9(10)13-6-12(20)15-11(19)4-8(18)5-14(15)21-13/h1-5,13,17-19H,6H2. The average Bonchev–Trinajstić information content (AvgIpc) is 2.36. The van der Waals surface area contributed by atoms with E-state index in [0.29, 0.717) is 5.56 Å². The van der Waals surface area contributed by atoms with Crippen LogP contribution >= 0.6 is 11.6 Å². The van der Waals surface area contributed by atoms with Gasteiger partial charge in [-0.15, -0.1) is 0 Å². The molecule has 0 aromatic heterocycles. The number of hydrogen-bond donors (Lipinski definition) is 3. The predicted octanol–water partition coefficient (Wildman–Crippen LogP) is 3.16. The number of carbonyl (C=O) groups is 1. The third kappa shape index (κ3) is 2.36. The van der Waals surface area contributed by atoms with Crippen LogP contribution in [0.4, 0.5) is 0 Å². The molecule has 5 nitrogen and oxygen atoms in total. The van der Waals surface area contributed by atoms with Crippen molar-refractivity contribution in [2.24, 2.45) is 0 Å². The van der Waals surface area contributed by atoms with Gasteiger partial charge in [-0.2, -0.15) is 0 Å². The average molecular weight is 307 g/mol. The topological polar surface area (TPSA) is 87.0 Å². The van der Waals surface area contributed by atoms with Gasteiger partial charge in [0.2, 0.25) is 0 Å². The smallest absolute Gasteiger partial charge is 0.174 e. The molecule has 1 atom stereocenters. The van der Waals surface area contributed by atoms with Gasteiger partial charge in [-0.1, -0.05) is 17.7 Å². The van der Waals surface area contributed by atoms with Crippen LogP contribution in [-0.4, -0.2) is 21.1 Å². The fraction of sp³-hybridized carbons (Fsp3) is 0.133. The molecule has 6 heteroatoms. The Kier molecular flexibility index (Phi) is 3.14. The van der Waals surface area contributed by atoms with Crippen LogP contribution in [-0.2, 0) is 0 Å². The summed E-state index contributed by atoms with van der Waals surface area (Å²) in [7, 11) is 0. The highest BCUT2D eigenvalue weighted by atomic mass is 35.5. The molecule has 0 spiro atoms. The minimum absolute atomic E-state index is 0.00975. The van der Waals surface area contributed by atoms with E-state index < -0.39 is 6.10 Å². The van der Waals surface area contributed by atoms with Crippen LogP contribution < -0.4 is 4.74 Å². The van der Waals surface area contributed by atoms with Crippen molar-refractivity contribution in [1.29, 1.82) is 0 Å². The third-order valence-corrected chi connectivity index (χ3v) is 3.64. The van der Waals surface area contributed by atoms with Crippen LogP contribution in [0.15, 0.2) is 30.3 Å². The molecule has 0 bridgehead atoms. The molecule has 0 saturated heterocycles. The van der Waals surface area contributed by atoms with Gasteiger partial charge in [0.25, 0.3) is 0 Å². The van der Waals surface area contributed by atoms with Gasteiger partial charge < -0.3 is 20.1 Å². The Bertz CT molecular complexity index is 741. The SMILES string of the molecule is O=C1CC(c2ccc(O)cc2Cl)Oc2cc(O)cc(O)c21. The van der Waals surface area contributed by atoms with Gasteiger partial charge in [0, 0.05) is 17.7 Å². The fourth-order valence-electron chi connectivity index (χ4n) is 2.38. The zero-order chi connectivity index (χ0) is 15.1. The lowest BCUT2D eigenvalue weighted by atomic mass is 9.95. The van der Waals surface area contributed by atoms with E-state index >= 15 is 0 Å². The normalized spacial score (nSPS) is 17.2. The molecule has 2 aromatic carbocycles. The summed E-state index contributed by atoms with van der Waals surface area (Å²) >= 11 is 6.05.